The standard InChI is InChI=1S/C21H23N5O4/c22-19-16-20(24-10-23-19)26(11-25-16)21(18(29)17(28)15(9-27)30-21)8-13-6-3-5-12-4-1-2-7-14(12)13/h1-2,4,6-7,10-11,15,17-18,27-29H,3,5,8-9H2,(H2,22,23,24)/t15-,17-,18-,21-/m1/s1. The van der Waals surface area contributed by atoms with Gasteiger partial charge in [0.05, 0.1) is 12.9 Å². The number of aromatic nitrogens is 4. The maximum absolute atomic E-state index is 11.2. The first-order chi connectivity index (χ1) is 14.5. The third-order valence-corrected chi connectivity index (χ3v) is 6.08. The van der Waals surface area contributed by atoms with E-state index in [1.807, 2.05) is 18.2 Å². The first kappa shape index (κ1) is 19.1. The highest BCUT2D eigenvalue weighted by Crippen LogP contribution is 2.45. The number of hydrogen-bond donors (Lipinski definition) is 4. The van der Waals surface area contributed by atoms with Crippen molar-refractivity contribution in [2.75, 3.05) is 12.3 Å². The molecule has 9 nitrogen and oxygen atoms in total. The molecule has 0 saturated carbocycles. The lowest BCUT2D eigenvalue weighted by atomic mass is 9.84. The van der Waals surface area contributed by atoms with Crippen LogP contribution in [0.2, 0.25) is 0 Å². The van der Waals surface area contributed by atoms with E-state index in [1.54, 1.807) is 4.57 Å². The number of nitrogens with two attached hydrogens (primary N) is 1. The molecule has 1 aliphatic heterocycles. The molecule has 0 amide bonds. The molecule has 1 aromatic carbocycles. The molecule has 2 aliphatic rings. The molecular formula is C21H23N5O4. The van der Waals surface area contributed by atoms with E-state index < -0.39 is 30.6 Å². The zero-order chi connectivity index (χ0) is 20.9. The van der Waals surface area contributed by atoms with Gasteiger partial charge in [-0.3, -0.25) is 4.57 Å². The highest BCUT2D eigenvalue weighted by molar-refractivity contribution is 5.81. The summed E-state index contributed by atoms with van der Waals surface area (Å²) in [6.45, 7) is -0.431. The molecule has 0 bridgehead atoms. The first-order valence-electron chi connectivity index (χ1n) is 9.91. The molecule has 2 aromatic heterocycles. The van der Waals surface area contributed by atoms with Gasteiger partial charge in [-0.05, 0) is 29.5 Å². The van der Waals surface area contributed by atoms with Crippen molar-refractivity contribution in [2.24, 2.45) is 0 Å². The van der Waals surface area contributed by atoms with E-state index in [9.17, 15) is 15.3 Å². The van der Waals surface area contributed by atoms with Crippen molar-refractivity contribution in [3.05, 3.63) is 54.1 Å². The Labute approximate surface area is 172 Å². The molecule has 4 atom stereocenters. The van der Waals surface area contributed by atoms with Crippen LogP contribution in [0.25, 0.3) is 16.7 Å². The van der Waals surface area contributed by atoms with Gasteiger partial charge in [0.15, 0.2) is 17.2 Å². The van der Waals surface area contributed by atoms with Crippen LogP contribution in [0.5, 0.6) is 0 Å². The zero-order valence-corrected chi connectivity index (χ0v) is 16.2. The van der Waals surface area contributed by atoms with E-state index in [1.165, 1.54) is 18.2 Å². The predicted molar refractivity (Wildman–Crippen MR) is 109 cm³/mol. The van der Waals surface area contributed by atoms with Crippen molar-refractivity contribution in [3.8, 4) is 0 Å². The summed E-state index contributed by atoms with van der Waals surface area (Å²) in [6, 6.07) is 8.12. The van der Waals surface area contributed by atoms with E-state index >= 15 is 0 Å². The van der Waals surface area contributed by atoms with Crippen LogP contribution in [0.4, 0.5) is 5.82 Å². The van der Waals surface area contributed by atoms with Crippen molar-refractivity contribution in [2.45, 2.75) is 43.3 Å². The van der Waals surface area contributed by atoms with E-state index in [2.05, 4.69) is 27.1 Å². The molecule has 156 valence electrons. The number of benzene rings is 1. The Morgan fingerprint density at radius 1 is 1.20 bits per heavy atom. The van der Waals surface area contributed by atoms with Crippen molar-refractivity contribution < 1.29 is 20.1 Å². The first-order valence-corrected chi connectivity index (χ1v) is 9.91. The molecule has 5 N–H and O–H groups in total. The van der Waals surface area contributed by atoms with Crippen molar-refractivity contribution in [1.29, 1.82) is 0 Å². The van der Waals surface area contributed by atoms with Gasteiger partial charge in [0, 0.05) is 6.42 Å². The van der Waals surface area contributed by atoms with Gasteiger partial charge in [0.1, 0.15) is 30.2 Å². The molecule has 1 aliphatic carbocycles. The van der Waals surface area contributed by atoms with E-state index in [-0.39, 0.29) is 12.2 Å². The molecule has 5 rings (SSSR count). The second-order valence-electron chi connectivity index (χ2n) is 7.77. The van der Waals surface area contributed by atoms with Crippen LogP contribution in [0.1, 0.15) is 24.0 Å². The van der Waals surface area contributed by atoms with Crippen LogP contribution in [0.15, 0.2) is 43.0 Å². The Morgan fingerprint density at radius 2 is 2.03 bits per heavy atom. The molecule has 0 unspecified atom stereocenters. The number of hydrogen-bond acceptors (Lipinski definition) is 8. The number of aryl methyl sites for hydroxylation is 1. The number of aliphatic hydroxyl groups excluding tert-OH is 3. The number of imidazole rings is 1. The normalized spacial score (nSPS) is 28.5. The maximum atomic E-state index is 11.2. The quantitative estimate of drug-likeness (QED) is 0.491. The second-order valence-corrected chi connectivity index (χ2v) is 7.77. The molecule has 0 radical (unpaired) electrons. The average Bonchev–Trinajstić information content (AvgIpc) is 3.31. The fraction of sp³-hybridized carbons (Fsp3) is 0.381. The maximum Gasteiger partial charge on any atom is 0.180 e. The minimum atomic E-state index is -1.42. The number of anilines is 1. The smallest absolute Gasteiger partial charge is 0.180 e. The fourth-order valence-corrected chi connectivity index (χ4v) is 4.58. The van der Waals surface area contributed by atoms with Crippen LogP contribution < -0.4 is 5.73 Å². The van der Waals surface area contributed by atoms with Crippen LogP contribution in [-0.2, 0) is 16.9 Å². The number of allylic oxidation sites excluding steroid dienone is 1. The minimum Gasteiger partial charge on any atom is -0.394 e. The van der Waals surface area contributed by atoms with Crippen LogP contribution >= 0.6 is 0 Å². The summed E-state index contributed by atoms with van der Waals surface area (Å²) in [5.74, 6) is 0.211. The SMILES string of the molecule is Nc1ncnc2c1ncn2[C@]1(CC2=CCCc3ccccc32)O[C@H](CO)[C@@H](O)[C@H]1O. The summed E-state index contributed by atoms with van der Waals surface area (Å²) in [5, 5.41) is 31.5. The Bertz CT molecular complexity index is 1130. The van der Waals surface area contributed by atoms with Gasteiger partial charge in [0.2, 0.25) is 0 Å². The van der Waals surface area contributed by atoms with Crippen LogP contribution in [0, 0.1) is 0 Å². The molecule has 3 heterocycles. The fourth-order valence-electron chi connectivity index (χ4n) is 4.58. The topological polar surface area (TPSA) is 140 Å². The van der Waals surface area contributed by atoms with Gasteiger partial charge in [0.25, 0.3) is 0 Å². The van der Waals surface area contributed by atoms with Gasteiger partial charge >= 0.3 is 0 Å². The highest BCUT2D eigenvalue weighted by atomic mass is 16.6. The summed E-state index contributed by atoms with van der Waals surface area (Å²) in [4.78, 5) is 12.6. The van der Waals surface area contributed by atoms with Crippen molar-refractivity contribution in [1.82, 2.24) is 19.5 Å². The monoisotopic (exact) mass is 409 g/mol. The third-order valence-electron chi connectivity index (χ3n) is 6.08. The van der Waals surface area contributed by atoms with Crippen LogP contribution in [-0.4, -0.2) is 59.8 Å². The van der Waals surface area contributed by atoms with Crippen molar-refractivity contribution in [3.63, 3.8) is 0 Å². The molecule has 1 saturated heterocycles. The number of aliphatic hydroxyl groups is 3. The number of nitrogen functional groups attached to an aromatic ring is 1. The lowest BCUT2D eigenvalue weighted by molar-refractivity contribution is -0.142. The lowest BCUT2D eigenvalue weighted by Crippen LogP contribution is -2.46. The predicted octanol–water partition coefficient (Wildman–Crippen LogP) is 0.594. The summed E-state index contributed by atoms with van der Waals surface area (Å²) in [6.07, 6.45) is 3.45. The molecule has 30 heavy (non-hydrogen) atoms. The van der Waals surface area contributed by atoms with Gasteiger partial charge < -0.3 is 25.8 Å². The Balaban J connectivity index is 1.67. The van der Waals surface area contributed by atoms with E-state index in [0.29, 0.717) is 11.2 Å². The van der Waals surface area contributed by atoms with Crippen LogP contribution in [0.3, 0.4) is 0 Å². The summed E-state index contributed by atoms with van der Waals surface area (Å²) in [7, 11) is 0. The van der Waals surface area contributed by atoms with Crippen molar-refractivity contribution >= 4 is 22.6 Å². The van der Waals surface area contributed by atoms with E-state index in [0.717, 1.165) is 24.0 Å². The number of fused-ring (bicyclic) bond motifs is 2. The van der Waals surface area contributed by atoms with E-state index in [4.69, 9.17) is 10.5 Å². The Hall–Kier alpha value is -2.85. The van der Waals surface area contributed by atoms with Gasteiger partial charge in [-0.25, -0.2) is 15.0 Å². The molecule has 0 spiro atoms. The molecular weight excluding hydrogens is 386 g/mol. The van der Waals surface area contributed by atoms with Gasteiger partial charge in [-0.15, -0.1) is 0 Å². The summed E-state index contributed by atoms with van der Waals surface area (Å²) in [5.41, 5.74) is 8.59. The summed E-state index contributed by atoms with van der Waals surface area (Å²) < 4.78 is 7.76. The molecule has 3 aromatic rings. The number of ether oxygens (including phenoxy) is 1. The van der Waals surface area contributed by atoms with Gasteiger partial charge in [-0.2, -0.15) is 0 Å². The largest absolute Gasteiger partial charge is 0.394 e. The Morgan fingerprint density at radius 3 is 2.83 bits per heavy atom. The second kappa shape index (κ2) is 7.13. The van der Waals surface area contributed by atoms with Gasteiger partial charge in [-0.1, -0.05) is 30.3 Å². The number of rotatable bonds is 4. The lowest BCUT2D eigenvalue weighted by Gasteiger charge is -2.35. The Kier molecular flexibility index (Phi) is 4.55. The summed E-state index contributed by atoms with van der Waals surface area (Å²) >= 11 is 0. The zero-order valence-electron chi connectivity index (χ0n) is 16.2. The molecule has 9 heteroatoms. The average molecular weight is 409 g/mol. The highest BCUT2D eigenvalue weighted by Gasteiger charge is 2.56. The third kappa shape index (κ3) is 2.74. The minimum absolute atomic E-state index is 0.211. The molecule has 1 fully saturated rings. The number of nitrogens with zero attached hydrogens (tertiary/aromatic N) is 4.